The van der Waals surface area contributed by atoms with Crippen molar-refractivity contribution in [1.29, 1.82) is 0 Å². The Balaban J connectivity index is 2.28. The van der Waals surface area contributed by atoms with E-state index in [1.807, 2.05) is 12.1 Å². The number of nitrogens with one attached hydrogen (secondary N) is 1. The average Bonchev–Trinajstić information content (AvgIpc) is 2.91. The number of benzene rings is 1. The quantitative estimate of drug-likeness (QED) is 0.829. The Morgan fingerprint density at radius 3 is 2.80 bits per heavy atom. The summed E-state index contributed by atoms with van der Waals surface area (Å²) >= 11 is 3.33. The normalized spacial score (nSPS) is 12.6. The molecule has 0 saturated heterocycles. The van der Waals surface area contributed by atoms with Crippen LogP contribution in [-0.2, 0) is 12.8 Å². The molecule has 20 heavy (non-hydrogen) atoms. The van der Waals surface area contributed by atoms with Gasteiger partial charge in [0.05, 0.1) is 10.7 Å². The Hall–Kier alpha value is -1.13. The van der Waals surface area contributed by atoms with Crippen molar-refractivity contribution >= 4 is 15.9 Å². The van der Waals surface area contributed by atoms with Crippen molar-refractivity contribution in [2.24, 2.45) is 0 Å². The Kier molecular flexibility index (Phi) is 5.38. The third-order valence-electron chi connectivity index (χ3n) is 3.38. The zero-order chi connectivity index (χ0) is 14.5. The molecule has 0 aliphatic carbocycles. The first-order valence-electron chi connectivity index (χ1n) is 6.89. The highest BCUT2D eigenvalue weighted by Gasteiger charge is 2.18. The molecule has 0 amide bonds. The highest BCUT2D eigenvalue weighted by molar-refractivity contribution is 9.10. The van der Waals surface area contributed by atoms with Gasteiger partial charge in [0.15, 0.2) is 0 Å². The molecule has 1 unspecified atom stereocenters. The first-order valence-corrected chi connectivity index (χ1v) is 7.69. The van der Waals surface area contributed by atoms with Crippen LogP contribution in [0.25, 0.3) is 0 Å². The van der Waals surface area contributed by atoms with Gasteiger partial charge < -0.3 is 9.73 Å². The van der Waals surface area contributed by atoms with E-state index in [1.54, 1.807) is 12.3 Å². The molecule has 1 aromatic heterocycles. The molecule has 0 aliphatic rings. The lowest BCUT2D eigenvalue weighted by molar-refractivity contribution is 0.486. The lowest BCUT2D eigenvalue weighted by Gasteiger charge is -2.19. The largest absolute Gasteiger partial charge is 0.469 e. The Morgan fingerprint density at radius 1 is 1.30 bits per heavy atom. The van der Waals surface area contributed by atoms with E-state index >= 15 is 0 Å². The van der Waals surface area contributed by atoms with E-state index in [9.17, 15) is 4.39 Å². The molecule has 2 aromatic rings. The summed E-state index contributed by atoms with van der Waals surface area (Å²) in [4.78, 5) is 0. The van der Waals surface area contributed by atoms with Crippen molar-refractivity contribution in [1.82, 2.24) is 5.32 Å². The summed E-state index contributed by atoms with van der Waals surface area (Å²) < 4.78 is 19.7. The van der Waals surface area contributed by atoms with Gasteiger partial charge in [0.25, 0.3) is 0 Å². The van der Waals surface area contributed by atoms with Crippen molar-refractivity contribution in [2.45, 2.75) is 32.7 Å². The number of hydrogen-bond acceptors (Lipinski definition) is 2. The maximum atomic E-state index is 13.6. The van der Waals surface area contributed by atoms with Crippen molar-refractivity contribution < 1.29 is 8.81 Å². The topological polar surface area (TPSA) is 25.2 Å². The zero-order valence-corrected chi connectivity index (χ0v) is 13.3. The molecule has 108 valence electrons. The summed E-state index contributed by atoms with van der Waals surface area (Å²) in [6.45, 7) is 4.99. The number of aryl methyl sites for hydroxylation is 1. The Morgan fingerprint density at radius 2 is 2.10 bits per heavy atom. The van der Waals surface area contributed by atoms with E-state index in [0.717, 1.165) is 36.3 Å². The minimum atomic E-state index is -0.222. The van der Waals surface area contributed by atoms with E-state index in [2.05, 4.69) is 35.1 Å². The lowest BCUT2D eigenvalue weighted by atomic mass is 9.98. The lowest BCUT2D eigenvalue weighted by Crippen LogP contribution is -2.23. The maximum Gasteiger partial charge on any atom is 0.137 e. The molecule has 1 N–H and O–H groups in total. The fourth-order valence-corrected chi connectivity index (χ4v) is 2.84. The van der Waals surface area contributed by atoms with Crippen molar-refractivity contribution in [3.05, 3.63) is 57.7 Å². The SMILES string of the molecule is CCNC(Cc1cccc(F)c1Br)c1ccoc1CC. The van der Waals surface area contributed by atoms with Crippen LogP contribution in [0.2, 0.25) is 0 Å². The van der Waals surface area contributed by atoms with Crippen LogP contribution in [0.15, 0.2) is 39.4 Å². The van der Waals surface area contributed by atoms with Crippen molar-refractivity contribution in [3.63, 3.8) is 0 Å². The summed E-state index contributed by atoms with van der Waals surface area (Å²) in [7, 11) is 0. The molecule has 1 atom stereocenters. The monoisotopic (exact) mass is 339 g/mol. The van der Waals surface area contributed by atoms with Gasteiger partial charge in [-0.05, 0) is 46.6 Å². The molecule has 0 spiro atoms. The van der Waals surface area contributed by atoms with Crippen LogP contribution >= 0.6 is 15.9 Å². The van der Waals surface area contributed by atoms with E-state index in [1.165, 1.54) is 6.07 Å². The molecule has 2 rings (SSSR count). The Bertz CT molecular complexity index is 567. The molecule has 2 nitrogen and oxygen atoms in total. The third-order valence-corrected chi connectivity index (χ3v) is 4.27. The van der Waals surface area contributed by atoms with Crippen molar-refractivity contribution in [3.8, 4) is 0 Å². The van der Waals surface area contributed by atoms with Crippen LogP contribution in [0.1, 0.15) is 36.8 Å². The average molecular weight is 340 g/mol. The molecule has 0 bridgehead atoms. The molecular formula is C16H19BrFNO. The van der Waals surface area contributed by atoms with Crippen LogP contribution in [0.3, 0.4) is 0 Å². The summed E-state index contributed by atoms with van der Waals surface area (Å²) in [5.41, 5.74) is 2.12. The second-order valence-electron chi connectivity index (χ2n) is 4.68. The van der Waals surface area contributed by atoms with E-state index in [4.69, 9.17) is 4.42 Å². The third kappa shape index (κ3) is 3.30. The van der Waals surface area contributed by atoms with Crippen molar-refractivity contribution in [2.75, 3.05) is 6.54 Å². The summed E-state index contributed by atoms with van der Waals surface area (Å²) in [5.74, 6) is 0.768. The molecular weight excluding hydrogens is 321 g/mol. The van der Waals surface area contributed by atoms with Crippen LogP contribution in [0.4, 0.5) is 4.39 Å². The molecule has 1 aromatic carbocycles. The zero-order valence-electron chi connectivity index (χ0n) is 11.7. The molecule has 0 aliphatic heterocycles. The molecule has 0 saturated carbocycles. The predicted molar refractivity (Wildman–Crippen MR) is 82.3 cm³/mol. The molecule has 0 fully saturated rings. The fourth-order valence-electron chi connectivity index (χ4n) is 2.41. The number of hydrogen-bond donors (Lipinski definition) is 1. The fraction of sp³-hybridized carbons (Fsp3) is 0.375. The van der Waals surface area contributed by atoms with Crippen LogP contribution in [0.5, 0.6) is 0 Å². The Labute approximate surface area is 127 Å². The van der Waals surface area contributed by atoms with Gasteiger partial charge in [0, 0.05) is 18.0 Å². The first-order chi connectivity index (χ1) is 9.67. The number of furan rings is 1. The van der Waals surface area contributed by atoms with Gasteiger partial charge in [-0.2, -0.15) is 0 Å². The number of halogens is 2. The number of rotatable bonds is 6. The van der Waals surface area contributed by atoms with Gasteiger partial charge in [-0.3, -0.25) is 0 Å². The van der Waals surface area contributed by atoms with Gasteiger partial charge >= 0.3 is 0 Å². The highest BCUT2D eigenvalue weighted by Crippen LogP contribution is 2.28. The minimum Gasteiger partial charge on any atom is -0.469 e. The molecule has 1 heterocycles. The minimum absolute atomic E-state index is 0.131. The summed E-state index contributed by atoms with van der Waals surface area (Å²) in [5, 5.41) is 3.45. The second kappa shape index (κ2) is 7.04. The molecule has 4 heteroatoms. The molecule has 0 radical (unpaired) electrons. The second-order valence-corrected chi connectivity index (χ2v) is 5.47. The van der Waals surface area contributed by atoms with Gasteiger partial charge in [0.2, 0.25) is 0 Å². The maximum absolute atomic E-state index is 13.6. The van der Waals surface area contributed by atoms with Crippen LogP contribution in [0, 0.1) is 5.82 Å². The standard InChI is InChI=1S/C16H19BrFNO/c1-3-15-12(8-9-20-15)14(19-4-2)10-11-6-5-7-13(18)16(11)17/h5-9,14,19H,3-4,10H2,1-2H3. The van der Waals surface area contributed by atoms with E-state index in [-0.39, 0.29) is 11.9 Å². The predicted octanol–water partition coefficient (Wildman–Crippen LogP) is 4.64. The van der Waals surface area contributed by atoms with Gasteiger partial charge in [-0.15, -0.1) is 0 Å². The summed E-state index contributed by atoms with van der Waals surface area (Å²) in [6.07, 6.45) is 3.30. The highest BCUT2D eigenvalue weighted by atomic mass is 79.9. The van der Waals surface area contributed by atoms with E-state index in [0.29, 0.717) is 4.47 Å². The first kappa shape index (κ1) is 15.3. The van der Waals surface area contributed by atoms with Crippen LogP contribution < -0.4 is 5.32 Å². The summed E-state index contributed by atoms with van der Waals surface area (Å²) in [6, 6.07) is 7.29. The van der Waals surface area contributed by atoms with E-state index < -0.39 is 0 Å². The van der Waals surface area contributed by atoms with Gasteiger partial charge in [-0.1, -0.05) is 26.0 Å². The number of likely N-dealkylation sites (N-methyl/N-ethyl adjacent to an activating group) is 1. The van der Waals surface area contributed by atoms with Gasteiger partial charge in [0.1, 0.15) is 11.6 Å². The van der Waals surface area contributed by atoms with Crippen LogP contribution in [-0.4, -0.2) is 6.54 Å². The van der Waals surface area contributed by atoms with Gasteiger partial charge in [-0.25, -0.2) is 4.39 Å². The smallest absolute Gasteiger partial charge is 0.137 e.